The van der Waals surface area contributed by atoms with Gasteiger partial charge in [-0.15, -0.1) is 0 Å². The van der Waals surface area contributed by atoms with Gasteiger partial charge in [-0.2, -0.15) is 0 Å². The van der Waals surface area contributed by atoms with Crippen LogP contribution in [0, 0.1) is 0 Å². The molecule has 2 rings (SSSR count). The largest absolute Gasteiger partial charge is 0.494 e. The van der Waals surface area contributed by atoms with E-state index in [2.05, 4.69) is 20.6 Å². The van der Waals surface area contributed by atoms with Crippen molar-refractivity contribution in [2.75, 3.05) is 18.9 Å². The summed E-state index contributed by atoms with van der Waals surface area (Å²) in [6.07, 6.45) is 0. The van der Waals surface area contributed by atoms with Gasteiger partial charge in [0.25, 0.3) is 0 Å². The van der Waals surface area contributed by atoms with Crippen molar-refractivity contribution in [3.05, 3.63) is 18.2 Å². The fourth-order valence-corrected chi connectivity index (χ4v) is 2.80. The summed E-state index contributed by atoms with van der Waals surface area (Å²) < 4.78 is 5.45. The minimum atomic E-state index is -0.553. The van der Waals surface area contributed by atoms with Gasteiger partial charge in [0.15, 0.2) is 5.16 Å². The van der Waals surface area contributed by atoms with E-state index in [1.807, 2.05) is 32.0 Å². The number of carbonyl (C=O) groups is 2. The Bertz CT molecular complexity index is 716. The summed E-state index contributed by atoms with van der Waals surface area (Å²) in [6, 6.07) is 5.06. The molecule has 8 heteroatoms. The molecule has 2 aromatic rings. The predicted molar refractivity (Wildman–Crippen MR) is 94.3 cm³/mol. The first-order valence-corrected chi connectivity index (χ1v) is 8.84. The Morgan fingerprint density at radius 2 is 2.17 bits per heavy atom. The molecule has 0 aliphatic carbocycles. The molecular formula is C16H22N4O3S. The maximum atomic E-state index is 11.9. The number of aromatic nitrogens is 2. The van der Waals surface area contributed by atoms with Crippen molar-refractivity contribution in [3.8, 4) is 5.75 Å². The Hall–Kier alpha value is -2.22. The molecule has 1 aromatic heterocycles. The smallest absolute Gasteiger partial charge is 0.242 e. The summed E-state index contributed by atoms with van der Waals surface area (Å²) in [4.78, 5) is 31.1. The van der Waals surface area contributed by atoms with Gasteiger partial charge in [0.1, 0.15) is 11.8 Å². The van der Waals surface area contributed by atoms with E-state index in [0.717, 1.165) is 16.8 Å². The van der Waals surface area contributed by atoms with Crippen molar-refractivity contribution in [2.45, 2.75) is 32.0 Å². The van der Waals surface area contributed by atoms with Crippen LogP contribution in [-0.2, 0) is 9.59 Å². The van der Waals surface area contributed by atoms with E-state index in [1.54, 1.807) is 6.92 Å². The number of nitrogens with one attached hydrogen (secondary N) is 3. The number of H-pyrrole nitrogens is 1. The number of thioether (sulfide) groups is 1. The summed E-state index contributed by atoms with van der Waals surface area (Å²) in [7, 11) is 0. The number of nitrogens with zero attached hydrogens (tertiary/aromatic N) is 1. The number of hydrogen-bond donors (Lipinski definition) is 3. The highest BCUT2D eigenvalue weighted by molar-refractivity contribution is 7.99. The van der Waals surface area contributed by atoms with Crippen molar-refractivity contribution in [2.24, 2.45) is 0 Å². The first-order chi connectivity index (χ1) is 11.5. The second kappa shape index (κ2) is 8.58. The molecule has 0 aliphatic heterocycles. The van der Waals surface area contributed by atoms with Crippen molar-refractivity contribution in [3.63, 3.8) is 0 Å². The fourth-order valence-electron chi connectivity index (χ4n) is 2.10. The Morgan fingerprint density at radius 1 is 1.38 bits per heavy atom. The molecule has 3 N–H and O–H groups in total. The zero-order chi connectivity index (χ0) is 17.5. The van der Waals surface area contributed by atoms with E-state index >= 15 is 0 Å². The third kappa shape index (κ3) is 4.89. The van der Waals surface area contributed by atoms with Gasteiger partial charge in [-0.3, -0.25) is 9.59 Å². The fraction of sp³-hybridized carbons (Fsp3) is 0.438. The topological polar surface area (TPSA) is 96.1 Å². The van der Waals surface area contributed by atoms with Crippen LogP contribution < -0.4 is 15.4 Å². The summed E-state index contributed by atoms with van der Waals surface area (Å²) in [6.45, 7) is 6.56. The monoisotopic (exact) mass is 350 g/mol. The van der Waals surface area contributed by atoms with E-state index < -0.39 is 6.04 Å². The lowest BCUT2D eigenvalue weighted by Gasteiger charge is -2.12. The standard InChI is InChI=1S/C16H22N4O3S/c1-4-17-15(22)10(3)18-14(21)9-24-16-19-12-7-6-11(23-5-2)8-13(12)20-16/h6-8,10H,4-5,9H2,1-3H3,(H,17,22)(H,18,21)(H,19,20)/t10-/m1/s1. The first kappa shape index (κ1) is 18.1. The van der Waals surface area contributed by atoms with Crippen LogP contribution in [-0.4, -0.2) is 46.7 Å². The third-order valence-electron chi connectivity index (χ3n) is 3.20. The van der Waals surface area contributed by atoms with Crippen LogP contribution >= 0.6 is 11.8 Å². The normalized spacial score (nSPS) is 12.0. The van der Waals surface area contributed by atoms with Crippen molar-refractivity contribution < 1.29 is 14.3 Å². The second-order valence-electron chi connectivity index (χ2n) is 5.13. The van der Waals surface area contributed by atoms with Crippen LogP contribution in [0.3, 0.4) is 0 Å². The van der Waals surface area contributed by atoms with E-state index in [9.17, 15) is 9.59 Å². The lowest BCUT2D eigenvalue weighted by atomic mass is 10.3. The summed E-state index contributed by atoms with van der Waals surface area (Å²) >= 11 is 1.29. The quantitative estimate of drug-likeness (QED) is 0.630. The number of rotatable bonds is 8. The molecule has 1 heterocycles. The number of hydrogen-bond acceptors (Lipinski definition) is 5. The number of fused-ring (bicyclic) bond motifs is 1. The Labute approximate surface area is 144 Å². The molecule has 1 aromatic carbocycles. The van der Waals surface area contributed by atoms with E-state index in [4.69, 9.17) is 4.74 Å². The molecule has 130 valence electrons. The number of ether oxygens (including phenoxy) is 1. The highest BCUT2D eigenvalue weighted by Gasteiger charge is 2.15. The van der Waals surface area contributed by atoms with E-state index in [-0.39, 0.29) is 17.6 Å². The van der Waals surface area contributed by atoms with Gasteiger partial charge in [0.2, 0.25) is 11.8 Å². The second-order valence-corrected chi connectivity index (χ2v) is 6.09. The van der Waals surface area contributed by atoms with Gasteiger partial charge >= 0.3 is 0 Å². The van der Waals surface area contributed by atoms with Crippen LogP contribution in [0.4, 0.5) is 0 Å². The number of likely N-dealkylation sites (N-methyl/N-ethyl adjacent to an activating group) is 1. The highest BCUT2D eigenvalue weighted by atomic mass is 32.2. The molecule has 7 nitrogen and oxygen atoms in total. The van der Waals surface area contributed by atoms with Crippen molar-refractivity contribution >= 4 is 34.6 Å². The number of benzene rings is 1. The van der Waals surface area contributed by atoms with Crippen LogP contribution in [0.25, 0.3) is 11.0 Å². The maximum absolute atomic E-state index is 11.9. The number of aromatic amines is 1. The summed E-state index contributed by atoms with van der Waals surface area (Å²) in [5.74, 6) is 0.554. The van der Waals surface area contributed by atoms with Gasteiger partial charge in [-0.25, -0.2) is 4.98 Å². The molecule has 0 aliphatic rings. The van der Waals surface area contributed by atoms with Gasteiger partial charge in [0, 0.05) is 12.6 Å². The first-order valence-electron chi connectivity index (χ1n) is 7.86. The molecule has 2 amide bonds. The molecule has 0 unspecified atom stereocenters. The minimum absolute atomic E-state index is 0.182. The molecular weight excluding hydrogens is 328 g/mol. The Morgan fingerprint density at radius 3 is 2.88 bits per heavy atom. The molecule has 0 spiro atoms. The van der Waals surface area contributed by atoms with Crippen LogP contribution in [0.15, 0.2) is 23.4 Å². The van der Waals surface area contributed by atoms with Crippen LogP contribution in [0.1, 0.15) is 20.8 Å². The van der Waals surface area contributed by atoms with E-state index in [1.165, 1.54) is 11.8 Å². The summed E-state index contributed by atoms with van der Waals surface area (Å²) in [5, 5.41) is 5.98. The predicted octanol–water partition coefficient (Wildman–Crippen LogP) is 1.69. The Kier molecular flexibility index (Phi) is 6.48. The SMILES string of the molecule is CCNC(=O)[C@@H](C)NC(=O)CSc1nc2ccc(OCC)cc2[nH]1. The lowest BCUT2D eigenvalue weighted by molar-refractivity contribution is -0.127. The lowest BCUT2D eigenvalue weighted by Crippen LogP contribution is -2.45. The van der Waals surface area contributed by atoms with Gasteiger partial charge in [0.05, 0.1) is 23.4 Å². The molecule has 0 radical (unpaired) electrons. The van der Waals surface area contributed by atoms with Crippen LogP contribution in [0.2, 0.25) is 0 Å². The minimum Gasteiger partial charge on any atom is -0.494 e. The van der Waals surface area contributed by atoms with Gasteiger partial charge in [-0.05, 0) is 32.9 Å². The maximum Gasteiger partial charge on any atom is 0.242 e. The number of imidazole rings is 1. The average Bonchev–Trinajstić information content (AvgIpc) is 2.95. The number of amides is 2. The number of carbonyl (C=O) groups excluding carboxylic acids is 2. The Balaban J connectivity index is 1.90. The van der Waals surface area contributed by atoms with Gasteiger partial charge < -0.3 is 20.4 Å². The van der Waals surface area contributed by atoms with Crippen molar-refractivity contribution in [1.29, 1.82) is 0 Å². The molecule has 0 bridgehead atoms. The molecule has 1 atom stereocenters. The van der Waals surface area contributed by atoms with Crippen LogP contribution in [0.5, 0.6) is 5.75 Å². The van der Waals surface area contributed by atoms with E-state index in [0.29, 0.717) is 18.3 Å². The van der Waals surface area contributed by atoms with Crippen molar-refractivity contribution in [1.82, 2.24) is 20.6 Å². The molecule has 0 saturated heterocycles. The molecule has 24 heavy (non-hydrogen) atoms. The van der Waals surface area contributed by atoms with Gasteiger partial charge in [-0.1, -0.05) is 11.8 Å². The summed E-state index contributed by atoms with van der Waals surface area (Å²) in [5.41, 5.74) is 1.68. The molecule has 0 fully saturated rings. The zero-order valence-corrected chi connectivity index (χ0v) is 14.8. The average molecular weight is 350 g/mol. The zero-order valence-electron chi connectivity index (χ0n) is 14.0. The highest BCUT2D eigenvalue weighted by Crippen LogP contribution is 2.23. The molecule has 0 saturated carbocycles. The third-order valence-corrected chi connectivity index (χ3v) is 4.08.